The zero-order chi connectivity index (χ0) is 25.9. The summed E-state index contributed by atoms with van der Waals surface area (Å²) in [6.45, 7) is 5.73. The van der Waals surface area contributed by atoms with E-state index in [1.807, 2.05) is 47.5 Å². The van der Waals surface area contributed by atoms with E-state index in [0.717, 1.165) is 72.9 Å². The lowest BCUT2D eigenvalue weighted by atomic mass is 10.0. The first-order chi connectivity index (χ1) is 18.7. The van der Waals surface area contributed by atoms with Crippen LogP contribution in [0.1, 0.15) is 30.4 Å². The summed E-state index contributed by atoms with van der Waals surface area (Å²) in [6.07, 6.45) is 15.2. The molecule has 4 heterocycles. The minimum absolute atomic E-state index is 0.158. The van der Waals surface area contributed by atoms with Crippen LogP contribution in [0.3, 0.4) is 0 Å². The molecular weight excluding hydrogens is 472 g/mol. The SMILES string of the molecule is N#Cc1ccc(-c2cnc3ccc(C4=CC=C(C(=O)N5CCN(C6CCNCC6)CC5)CC=C4)cn23)cc1. The average molecular weight is 505 g/mol. The molecule has 3 aliphatic rings. The van der Waals surface area contributed by atoms with Gasteiger partial charge in [-0.25, -0.2) is 4.98 Å². The smallest absolute Gasteiger partial charge is 0.250 e. The van der Waals surface area contributed by atoms with Gasteiger partial charge in [0.15, 0.2) is 0 Å². The van der Waals surface area contributed by atoms with Crippen molar-refractivity contribution in [3.05, 3.63) is 89.8 Å². The molecule has 192 valence electrons. The molecule has 2 fully saturated rings. The number of fused-ring (bicyclic) bond motifs is 1. The molecule has 1 N–H and O–H groups in total. The van der Waals surface area contributed by atoms with Crippen molar-refractivity contribution >= 4 is 17.1 Å². The number of aromatic nitrogens is 2. The summed E-state index contributed by atoms with van der Waals surface area (Å²) in [5.41, 5.74) is 6.44. The lowest BCUT2D eigenvalue weighted by molar-refractivity contribution is -0.129. The maximum absolute atomic E-state index is 13.4. The molecule has 2 aliphatic heterocycles. The highest BCUT2D eigenvalue weighted by molar-refractivity contribution is 5.95. The van der Waals surface area contributed by atoms with E-state index in [-0.39, 0.29) is 5.91 Å². The van der Waals surface area contributed by atoms with Gasteiger partial charge in [0.1, 0.15) is 5.65 Å². The number of allylic oxidation sites excluding steroid dienone is 5. The Hall–Kier alpha value is -3.99. The highest BCUT2D eigenvalue weighted by Gasteiger charge is 2.28. The molecule has 6 rings (SSSR count). The fraction of sp³-hybridized carbons (Fsp3) is 0.323. The van der Waals surface area contributed by atoms with Crippen molar-refractivity contribution in [1.29, 1.82) is 5.26 Å². The zero-order valence-corrected chi connectivity index (χ0v) is 21.5. The Kier molecular flexibility index (Phi) is 6.91. The van der Waals surface area contributed by atoms with Gasteiger partial charge in [-0.2, -0.15) is 5.26 Å². The predicted octanol–water partition coefficient (Wildman–Crippen LogP) is 4.04. The third-order valence-corrected chi connectivity index (χ3v) is 7.95. The molecule has 7 nitrogen and oxygen atoms in total. The van der Waals surface area contributed by atoms with Gasteiger partial charge in [-0.15, -0.1) is 0 Å². The Labute approximate surface area is 223 Å². The monoisotopic (exact) mass is 504 g/mol. The summed E-state index contributed by atoms with van der Waals surface area (Å²) in [7, 11) is 0. The Bertz CT molecular complexity index is 1460. The molecule has 0 atom stereocenters. The van der Waals surface area contributed by atoms with E-state index in [9.17, 15) is 4.79 Å². The molecule has 1 aromatic carbocycles. The van der Waals surface area contributed by atoms with Gasteiger partial charge in [0.25, 0.3) is 0 Å². The lowest BCUT2D eigenvalue weighted by Gasteiger charge is -2.41. The fourth-order valence-corrected chi connectivity index (χ4v) is 5.72. The fourth-order valence-electron chi connectivity index (χ4n) is 5.72. The van der Waals surface area contributed by atoms with E-state index in [4.69, 9.17) is 5.26 Å². The summed E-state index contributed by atoms with van der Waals surface area (Å²) in [5, 5.41) is 12.6. The molecule has 0 bridgehead atoms. The van der Waals surface area contributed by atoms with Crippen LogP contribution in [0.15, 0.2) is 78.7 Å². The van der Waals surface area contributed by atoms with Gasteiger partial charge < -0.3 is 10.2 Å². The molecule has 2 aromatic heterocycles. The first-order valence-electron chi connectivity index (χ1n) is 13.5. The van der Waals surface area contributed by atoms with Crippen molar-refractivity contribution in [2.45, 2.75) is 25.3 Å². The van der Waals surface area contributed by atoms with Crippen molar-refractivity contribution in [2.75, 3.05) is 39.3 Å². The van der Waals surface area contributed by atoms with Crippen molar-refractivity contribution in [2.24, 2.45) is 0 Å². The number of imidazole rings is 1. The highest BCUT2D eigenvalue weighted by atomic mass is 16.2. The number of hydrogen-bond acceptors (Lipinski definition) is 5. The molecule has 0 radical (unpaired) electrons. The first kappa shape index (κ1) is 24.4. The summed E-state index contributed by atoms with van der Waals surface area (Å²) in [6, 6.07) is 14.5. The van der Waals surface area contributed by atoms with E-state index in [1.165, 1.54) is 12.8 Å². The number of carbonyl (C=O) groups excluding carboxylic acids is 1. The third kappa shape index (κ3) is 4.93. The second-order valence-electron chi connectivity index (χ2n) is 10.2. The van der Waals surface area contributed by atoms with Crippen molar-refractivity contribution < 1.29 is 4.79 Å². The number of nitrogens with zero attached hydrogens (tertiary/aromatic N) is 5. The van der Waals surface area contributed by atoms with Crippen LogP contribution in [-0.4, -0.2) is 70.4 Å². The quantitative estimate of drug-likeness (QED) is 0.580. The molecular formula is C31H32N6O. The average Bonchev–Trinajstić information content (AvgIpc) is 3.25. The number of amides is 1. The molecule has 3 aromatic rings. The summed E-state index contributed by atoms with van der Waals surface area (Å²) in [4.78, 5) is 22.5. The topological polar surface area (TPSA) is 76.7 Å². The van der Waals surface area contributed by atoms with Gasteiger partial charge in [-0.3, -0.25) is 14.1 Å². The molecule has 38 heavy (non-hydrogen) atoms. The second-order valence-corrected chi connectivity index (χ2v) is 10.2. The highest BCUT2D eigenvalue weighted by Crippen LogP contribution is 2.26. The number of nitrogens with one attached hydrogen (secondary N) is 1. The van der Waals surface area contributed by atoms with Gasteiger partial charge in [-0.1, -0.05) is 36.4 Å². The lowest BCUT2D eigenvalue weighted by Crippen LogP contribution is -2.54. The predicted molar refractivity (Wildman–Crippen MR) is 149 cm³/mol. The molecule has 1 aliphatic carbocycles. The van der Waals surface area contributed by atoms with Crippen molar-refractivity contribution in [1.82, 2.24) is 24.5 Å². The van der Waals surface area contributed by atoms with Crippen molar-refractivity contribution in [3.8, 4) is 17.3 Å². The van der Waals surface area contributed by atoms with Crippen LogP contribution < -0.4 is 5.32 Å². The molecule has 0 saturated carbocycles. The van der Waals surface area contributed by atoms with Crippen LogP contribution in [0.5, 0.6) is 0 Å². The van der Waals surface area contributed by atoms with E-state index in [2.05, 4.69) is 56.2 Å². The number of piperazine rings is 1. The maximum Gasteiger partial charge on any atom is 0.250 e. The Morgan fingerprint density at radius 1 is 0.974 bits per heavy atom. The zero-order valence-electron chi connectivity index (χ0n) is 21.5. The molecule has 0 spiro atoms. The van der Waals surface area contributed by atoms with E-state index >= 15 is 0 Å². The third-order valence-electron chi connectivity index (χ3n) is 7.95. The van der Waals surface area contributed by atoms with Crippen LogP contribution in [-0.2, 0) is 4.79 Å². The number of hydrogen-bond donors (Lipinski definition) is 1. The van der Waals surface area contributed by atoms with Crippen LogP contribution in [0.2, 0.25) is 0 Å². The van der Waals surface area contributed by atoms with E-state index < -0.39 is 0 Å². The van der Waals surface area contributed by atoms with Gasteiger partial charge in [-0.05, 0) is 67.8 Å². The van der Waals surface area contributed by atoms with Crippen LogP contribution >= 0.6 is 0 Å². The minimum atomic E-state index is 0.158. The normalized spacial score (nSPS) is 19.1. The number of piperidine rings is 1. The largest absolute Gasteiger partial charge is 0.336 e. The van der Waals surface area contributed by atoms with Crippen molar-refractivity contribution in [3.63, 3.8) is 0 Å². The van der Waals surface area contributed by atoms with Crippen LogP contribution in [0.25, 0.3) is 22.5 Å². The second kappa shape index (κ2) is 10.8. The standard InChI is InChI=1S/C31H32N6O/c32-20-23-4-6-25(7-5-23)29-21-34-30-11-10-27(22-37(29)30)24-2-1-3-26(9-8-24)31(38)36-18-16-35(17-19-36)28-12-14-33-15-13-28/h1-2,4-11,21-22,28,33H,3,12-19H2. The summed E-state index contributed by atoms with van der Waals surface area (Å²) >= 11 is 0. The number of benzene rings is 1. The van der Waals surface area contributed by atoms with Gasteiger partial charge in [0.05, 0.1) is 23.5 Å². The Balaban J connectivity index is 1.18. The molecule has 0 unspecified atom stereocenters. The molecule has 2 saturated heterocycles. The van der Waals surface area contributed by atoms with E-state index in [1.54, 1.807) is 0 Å². The number of carbonyl (C=O) groups is 1. The van der Waals surface area contributed by atoms with Gasteiger partial charge in [0, 0.05) is 49.6 Å². The van der Waals surface area contributed by atoms with Gasteiger partial charge in [0.2, 0.25) is 5.91 Å². The van der Waals surface area contributed by atoms with E-state index in [0.29, 0.717) is 18.0 Å². The number of nitriles is 1. The van der Waals surface area contributed by atoms with Crippen LogP contribution in [0, 0.1) is 11.3 Å². The molecule has 7 heteroatoms. The first-order valence-corrected chi connectivity index (χ1v) is 13.5. The van der Waals surface area contributed by atoms with Crippen LogP contribution in [0.4, 0.5) is 0 Å². The number of rotatable bonds is 4. The minimum Gasteiger partial charge on any atom is -0.336 e. The van der Waals surface area contributed by atoms with Gasteiger partial charge >= 0.3 is 0 Å². The Morgan fingerprint density at radius 3 is 2.50 bits per heavy atom. The summed E-state index contributed by atoms with van der Waals surface area (Å²) in [5.74, 6) is 0.158. The maximum atomic E-state index is 13.4. The molecule has 1 amide bonds. The summed E-state index contributed by atoms with van der Waals surface area (Å²) < 4.78 is 2.08. The number of pyridine rings is 1. The Morgan fingerprint density at radius 2 is 1.74 bits per heavy atom.